The maximum Gasteiger partial charge on any atom is 0.260 e. The van der Waals surface area contributed by atoms with Crippen LogP contribution in [0.5, 0.6) is 0 Å². The van der Waals surface area contributed by atoms with Crippen LogP contribution in [0.15, 0.2) is 53.3 Å². The molecule has 1 aliphatic heterocycles. The van der Waals surface area contributed by atoms with Gasteiger partial charge in [0.15, 0.2) is 0 Å². The molecule has 0 amide bonds. The van der Waals surface area contributed by atoms with Crippen molar-refractivity contribution in [2.24, 2.45) is 0 Å². The molecule has 5 nitrogen and oxygen atoms in total. The van der Waals surface area contributed by atoms with Crippen molar-refractivity contribution >= 4 is 16.9 Å². The van der Waals surface area contributed by atoms with E-state index in [1.807, 2.05) is 24.3 Å². The zero-order valence-electron chi connectivity index (χ0n) is 15.4. The van der Waals surface area contributed by atoms with Crippen molar-refractivity contribution in [3.8, 4) is 0 Å². The Hall–Kier alpha value is -2.66. The Bertz CT molecular complexity index is 977. The van der Waals surface area contributed by atoms with Crippen LogP contribution in [-0.2, 0) is 0 Å². The number of hydrogen-bond acceptors (Lipinski definition) is 4. The summed E-state index contributed by atoms with van der Waals surface area (Å²) < 4.78 is 0. The summed E-state index contributed by atoms with van der Waals surface area (Å²) in [6.07, 6.45) is 0. The Labute approximate surface area is 153 Å². The molecule has 0 radical (unpaired) electrons. The molecule has 1 aromatic heterocycles. The quantitative estimate of drug-likeness (QED) is 0.791. The van der Waals surface area contributed by atoms with Crippen molar-refractivity contribution in [2.75, 3.05) is 32.1 Å². The van der Waals surface area contributed by atoms with Crippen molar-refractivity contribution in [1.82, 2.24) is 14.9 Å². The number of para-hydroxylation sites is 1. The van der Waals surface area contributed by atoms with Crippen LogP contribution < -0.4 is 10.5 Å². The number of aromatic nitrogens is 2. The van der Waals surface area contributed by atoms with Crippen LogP contribution in [-0.4, -0.2) is 48.1 Å². The second-order valence-electron chi connectivity index (χ2n) is 7.36. The van der Waals surface area contributed by atoms with Crippen molar-refractivity contribution in [3.63, 3.8) is 0 Å². The van der Waals surface area contributed by atoms with Crippen LogP contribution in [0.25, 0.3) is 10.9 Å². The third kappa shape index (κ3) is 2.99. The van der Waals surface area contributed by atoms with Gasteiger partial charge in [-0.25, -0.2) is 4.98 Å². The van der Waals surface area contributed by atoms with Gasteiger partial charge in [0.25, 0.3) is 5.56 Å². The van der Waals surface area contributed by atoms with E-state index in [0.717, 1.165) is 18.6 Å². The number of aromatic amines is 1. The minimum Gasteiger partial charge on any atom is -0.340 e. The summed E-state index contributed by atoms with van der Waals surface area (Å²) in [6, 6.07) is 16.6. The molecule has 0 bridgehead atoms. The minimum atomic E-state index is -0.0780. The fraction of sp³-hybridized carbons (Fsp3) is 0.333. The minimum absolute atomic E-state index is 0.0780. The molecule has 26 heavy (non-hydrogen) atoms. The van der Waals surface area contributed by atoms with Crippen molar-refractivity contribution in [1.29, 1.82) is 0 Å². The average molecular weight is 348 g/mol. The van der Waals surface area contributed by atoms with Crippen LogP contribution in [0.4, 0.5) is 5.95 Å². The maximum absolute atomic E-state index is 12.4. The Morgan fingerprint density at radius 3 is 2.54 bits per heavy atom. The maximum atomic E-state index is 12.4. The first kappa shape index (κ1) is 16.8. The molecule has 1 aliphatic rings. The Kier molecular flexibility index (Phi) is 4.24. The van der Waals surface area contributed by atoms with Crippen LogP contribution in [0.2, 0.25) is 0 Å². The molecule has 5 heteroatoms. The number of benzene rings is 2. The number of H-pyrrole nitrogens is 1. The van der Waals surface area contributed by atoms with E-state index in [1.54, 1.807) is 0 Å². The van der Waals surface area contributed by atoms with Gasteiger partial charge in [0.2, 0.25) is 5.95 Å². The van der Waals surface area contributed by atoms with E-state index in [0.29, 0.717) is 23.3 Å². The van der Waals surface area contributed by atoms with Crippen molar-refractivity contribution in [2.45, 2.75) is 18.9 Å². The highest BCUT2D eigenvalue weighted by Gasteiger charge is 2.36. The van der Waals surface area contributed by atoms with Gasteiger partial charge < -0.3 is 9.80 Å². The summed E-state index contributed by atoms with van der Waals surface area (Å²) in [7, 11) is 4.23. The first-order valence-corrected chi connectivity index (χ1v) is 9.00. The number of likely N-dealkylation sites (N-methyl/N-ethyl adjacent to an activating group) is 1. The van der Waals surface area contributed by atoms with E-state index in [-0.39, 0.29) is 5.56 Å². The highest BCUT2D eigenvalue weighted by atomic mass is 16.1. The standard InChI is InChI=1S/C21H24N4O/c1-14-8-10-15(11-9-14)17-12-25(13-19(17)24(2)3)21-22-18-7-5-4-6-16(18)20(26)23-21/h4-11,17,19H,12-13H2,1-3H3,(H,22,23,26)/t17-,19+/m0/s1. The summed E-state index contributed by atoms with van der Waals surface area (Å²) in [5.41, 5.74) is 3.27. The lowest BCUT2D eigenvalue weighted by Gasteiger charge is -2.25. The fourth-order valence-electron chi connectivity index (χ4n) is 3.85. The predicted octanol–water partition coefficient (Wildman–Crippen LogP) is 2.77. The summed E-state index contributed by atoms with van der Waals surface area (Å²) in [5.74, 6) is 1.04. The highest BCUT2D eigenvalue weighted by molar-refractivity contribution is 5.78. The number of fused-ring (bicyclic) bond motifs is 1. The van der Waals surface area contributed by atoms with Gasteiger partial charge in [-0.05, 0) is 38.7 Å². The van der Waals surface area contributed by atoms with Crippen molar-refractivity contribution < 1.29 is 0 Å². The molecule has 3 aromatic rings. The van der Waals surface area contributed by atoms with E-state index in [1.165, 1.54) is 11.1 Å². The van der Waals surface area contributed by atoms with Crippen LogP contribution >= 0.6 is 0 Å². The van der Waals surface area contributed by atoms with E-state index in [9.17, 15) is 4.79 Å². The molecule has 2 heterocycles. The van der Waals surface area contributed by atoms with Crippen molar-refractivity contribution in [3.05, 3.63) is 70.0 Å². The molecule has 2 aromatic carbocycles. The highest BCUT2D eigenvalue weighted by Crippen LogP contribution is 2.32. The molecule has 1 saturated heterocycles. The molecule has 1 N–H and O–H groups in total. The van der Waals surface area contributed by atoms with E-state index in [2.05, 4.69) is 60.1 Å². The molecular formula is C21H24N4O. The Morgan fingerprint density at radius 1 is 1.08 bits per heavy atom. The largest absolute Gasteiger partial charge is 0.340 e. The van der Waals surface area contributed by atoms with Gasteiger partial charge in [-0.15, -0.1) is 0 Å². The molecule has 0 spiro atoms. The van der Waals surface area contributed by atoms with Gasteiger partial charge in [-0.3, -0.25) is 9.78 Å². The van der Waals surface area contributed by atoms with Gasteiger partial charge in [0.1, 0.15) is 0 Å². The second-order valence-corrected chi connectivity index (χ2v) is 7.36. The summed E-state index contributed by atoms with van der Waals surface area (Å²) in [5, 5.41) is 0.634. The zero-order chi connectivity index (χ0) is 18.3. The first-order chi connectivity index (χ1) is 12.5. The summed E-state index contributed by atoms with van der Waals surface area (Å²) in [6.45, 7) is 3.79. The number of nitrogens with one attached hydrogen (secondary N) is 1. The average Bonchev–Trinajstić information content (AvgIpc) is 3.08. The molecule has 2 atom stereocenters. The normalized spacial score (nSPS) is 20.2. The van der Waals surface area contributed by atoms with Gasteiger partial charge >= 0.3 is 0 Å². The number of hydrogen-bond donors (Lipinski definition) is 1. The number of rotatable bonds is 3. The third-order valence-corrected chi connectivity index (χ3v) is 5.36. The predicted molar refractivity (Wildman–Crippen MR) is 106 cm³/mol. The molecule has 0 saturated carbocycles. The topological polar surface area (TPSA) is 52.2 Å². The molecule has 0 aliphatic carbocycles. The monoisotopic (exact) mass is 348 g/mol. The Balaban J connectivity index is 1.70. The van der Waals surface area contributed by atoms with Gasteiger partial charge in [0, 0.05) is 25.0 Å². The Morgan fingerprint density at radius 2 is 1.81 bits per heavy atom. The van der Waals surface area contributed by atoms with Crippen LogP contribution in [0.1, 0.15) is 17.0 Å². The fourth-order valence-corrected chi connectivity index (χ4v) is 3.85. The van der Waals surface area contributed by atoms with E-state index < -0.39 is 0 Å². The third-order valence-electron chi connectivity index (χ3n) is 5.36. The van der Waals surface area contributed by atoms with Crippen LogP contribution in [0.3, 0.4) is 0 Å². The van der Waals surface area contributed by atoms with Gasteiger partial charge in [0.05, 0.1) is 10.9 Å². The number of nitrogens with zero attached hydrogens (tertiary/aromatic N) is 3. The SMILES string of the molecule is Cc1ccc([C@@H]2CN(c3nc4ccccc4c(=O)[nH]3)C[C@H]2N(C)C)cc1. The molecular weight excluding hydrogens is 324 g/mol. The lowest BCUT2D eigenvalue weighted by atomic mass is 9.93. The lowest BCUT2D eigenvalue weighted by molar-refractivity contribution is 0.292. The molecule has 0 unspecified atom stereocenters. The molecule has 4 rings (SSSR count). The molecule has 134 valence electrons. The molecule has 1 fully saturated rings. The van der Waals surface area contributed by atoms with Crippen LogP contribution in [0, 0.1) is 6.92 Å². The zero-order valence-corrected chi connectivity index (χ0v) is 15.4. The van der Waals surface area contributed by atoms with E-state index in [4.69, 9.17) is 4.98 Å². The number of anilines is 1. The number of aryl methyl sites for hydroxylation is 1. The van der Waals surface area contributed by atoms with Gasteiger partial charge in [-0.2, -0.15) is 0 Å². The lowest BCUT2D eigenvalue weighted by Crippen LogP contribution is -2.35. The summed E-state index contributed by atoms with van der Waals surface area (Å²) >= 11 is 0. The second kappa shape index (κ2) is 6.57. The van der Waals surface area contributed by atoms with E-state index >= 15 is 0 Å². The smallest absolute Gasteiger partial charge is 0.260 e. The van der Waals surface area contributed by atoms with Gasteiger partial charge in [-0.1, -0.05) is 42.0 Å². The first-order valence-electron chi connectivity index (χ1n) is 9.00. The summed E-state index contributed by atoms with van der Waals surface area (Å²) in [4.78, 5) is 24.6.